The number of nitrogens with zero attached hydrogens (tertiary/aromatic N) is 1. The van der Waals surface area contributed by atoms with Gasteiger partial charge in [-0.25, -0.2) is 4.79 Å². The molecule has 1 atom stereocenters. The molecule has 29 heavy (non-hydrogen) atoms. The molecule has 5 heteroatoms. The van der Waals surface area contributed by atoms with Crippen LogP contribution in [-0.4, -0.2) is 24.5 Å². The largest absolute Gasteiger partial charge is 0.457 e. The molecule has 0 spiro atoms. The molecule has 0 fully saturated rings. The highest BCUT2D eigenvalue weighted by atomic mass is 16.5. The Hall–Kier alpha value is -3.60. The second kappa shape index (κ2) is 8.19. The summed E-state index contributed by atoms with van der Waals surface area (Å²) in [6, 6.07) is 23.8. The van der Waals surface area contributed by atoms with E-state index >= 15 is 0 Å². The molecule has 1 amide bonds. The molecule has 4 rings (SSSR count). The highest BCUT2D eigenvalue weighted by Gasteiger charge is 2.29. The topological polar surface area (TPSA) is 55.8 Å². The quantitative estimate of drug-likeness (QED) is 0.600. The number of hydrogen-bond donors (Lipinski definition) is 0. The molecule has 0 unspecified atom stereocenters. The normalized spacial score (nSPS) is 13.5. The summed E-state index contributed by atoms with van der Waals surface area (Å²) >= 11 is 0. The van der Waals surface area contributed by atoms with Crippen molar-refractivity contribution < 1.29 is 19.1 Å². The number of para-hydroxylation sites is 2. The summed E-state index contributed by atoms with van der Waals surface area (Å²) < 4.78 is 11.1. The number of hydrogen-bond acceptors (Lipinski definition) is 4. The van der Waals surface area contributed by atoms with Gasteiger partial charge in [-0.2, -0.15) is 0 Å². The number of amides is 1. The lowest BCUT2D eigenvalue weighted by Crippen LogP contribution is -2.39. The number of rotatable bonds is 5. The highest BCUT2D eigenvalue weighted by Crippen LogP contribution is 2.28. The molecule has 5 nitrogen and oxygen atoms in total. The zero-order valence-corrected chi connectivity index (χ0v) is 16.1. The van der Waals surface area contributed by atoms with Crippen molar-refractivity contribution in [3.05, 3.63) is 90.0 Å². The van der Waals surface area contributed by atoms with Crippen molar-refractivity contribution in [3.8, 4) is 11.5 Å². The first-order valence-electron chi connectivity index (χ1n) is 9.55. The molecule has 0 aliphatic carbocycles. The predicted octanol–water partition coefficient (Wildman–Crippen LogP) is 4.61. The third-order valence-corrected chi connectivity index (χ3v) is 4.85. The van der Waals surface area contributed by atoms with Gasteiger partial charge in [-0.3, -0.25) is 4.79 Å². The average molecular weight is 387 g/mol. The summed E-state index contributed by atoms with van der Waals surface area (Å²) in [5, 5.41) is 0. The lowest BCUT2D eigenvalue weighted by Gasteiger charge is -2.21. The van der Waals surface area contributed by atoms with Gasteiger partial charge in [-0.05, 0) is 61.4 Å². The van der Waals surface area contributed by atoms with Crippen LogP contribution in [0.3, 0.4) is 0 Å². The van der Waals surface area contributed by atoms with Crippen LogP contribution in [0.25, 0.3) is 0 Å². The smallest absolute Gasteiger partial charge is 0.338 e. The maximum absolute atomic E-state index is 12.8. The van der Waals surface area contributed by atoms with Crippen LogP contribution in [0.2, 0.25) is 0 Å². The van der Waals surface area contributed by atoms with Crippen molar-refractivity contribution in [2.75, 3.05) is 11.4 Å². The van der Waals surface area contributed by atoms with Crippen molar-refractivity contribution in [1.29, 1.82) is 0 Å². The van der Waals surface area contributed by atoms with Crippen LogP contribution in [0.15, 0.2) is 78.9 Å². The maximum Gasteiger partial charge on any atom is 0.338 e. The van der Waals surface area contributed by atoms with Gasteiger partial charge in [0.25, 0.3) is 5.91 Å². The van der Waals surface area contributed by atoms with Crippen molar-refractivity contribution >= 4 is 17.6 Å². The van der Waals surface area contributed by atoms with E-state index in [0.29, 0.717) is 23.6 Å². The first-order valence-corrected chi connectivity index (χ1v) is 9.55. The van der Waals surface area contributed by atoms with E-state index in [-0.39, 0.29) is 5.91 Å². The minimum Gasteiger partial charge on any atom is -0.457 e. The Morgan fingerprint density at radius 3 is 2.28 bits per heavy atom. The SMILES string of the molecule is C[C@@H](OC(=O)c1ccc(Oc2ccccc2)cc1)C(=O)N1CCc2ccccc21. The van der Waals surface area contributed by atoms with E-state index in [4.69, 9.17) is 9.47 Å². The summed E-state index contributed by atoms with van der Waals surface area (Å²) in [5.41, 5.74) is 2.39. The average Bonchev–Trinajstić information content (AvgIpc) is 3.18. The van der Waals surface area contributed by atoms with Crippen molar-refractivity contribution in [2.45, 2.75) is 19.4 Å². The summed E-state index contributed by atoms with van der Waals surface area (Å²) in [7, 11) is 0. The van der Waals surface area contributed by atoms with Crippen LogP contribution in [0.4, 0.5) is 5.69 Å². The van der Waals surface area contributed by atoms with E-state index < -0.39 is 12.1 Å². The molecule has 1 heterocycles. The first kappa shape index (κ1) is 18.7. The van der Waals surface area contributed by atoms with Crippen LogP contribution in [0, 0.1) is 0 Å². The zero-order chi connectivity index (χ0) is 20.2. The molecule has 0 saturated heterocycles. The predicted molar refractivity (Wildman–Crippen MR) is 110 cm³/mol. The molecule has 0 radical (unpaired) electrons. The monoisotopic (exact) mass is 387 g/mol. The third kappa shape index (κ3) is 4.14. The highest BCUT2D eigenvalue weighted by molar-refractivity contribution is 6.00. The molecule has 3 aromatic carbocycles. The summed E-state index contributed by atoms with van der Waals surface area (Å²) in [4.78, 5) is 26.9. The van der Waals surface area contributed by atoms with Crippen molar-refractivity contribution in [3.63, 3.8) is 0 Å². The Morgan fingerprint density at radius 2 is 1.52 bits per heavy atom. The molecule has 1 aliphatic heterocycles. The van der Waals surface area contributed by atoms with Crippen LogP contribution >= 0.6 is 0 Å². The lowest BCUT2D eigenvalue weighted by atomic mass is 10.2. The van der Waals surface area contributed by atoms with E-state index in [9.17, 15) is 9.59 Å². The van der Waals surface area contributed by atoms with Crippen molar-refractivity contribution in [2.24, 2.45) is 0 Å². The van der Waals surface area contributed by atoms with E-state index in [1.807, 2.05) is 54.6 Å². The molecule has 0 N–H and O–H groups in total. The summed E-state index contributed by atoms with van der Waals surface area (Å²) in [6.07, 6.45) is -0.0558. The number of benzene rings is 3. The first-order chi connectivity index (χ1) is 14.1. The van der Waals surface area contributed by atoms with Gasteiger partial charge in [0, 0.05) is 12.2 Å². The second-order valence-corrected chi connectivity index (χ2v) is 6.86. The Bertz CT molecular complexity index is 1010. The van der Waals surface area contributed by atoms with Gasteiger partial charge >= 0.3 is 5.97 Å². The third-order valence-electron chi connectivity index (χ3n) is 4.85. The van der Waals surface area contributed by atoms with Crippen molar-refractivity contribution in [1.82, 2.24) is 0 Å². The van der Waals surface area contributed by atoms with E-state index in [2.05, 4.69) is 0 Å². The molecular formula is C24H21NO4. The van der Waals surface area contributed by atoms with E-state index in [1.54, 1.807) is 36.1 Å². The van der Waals surface area contributed by atoms with Crippen LogP contribution in [0.1, 0.15) is 22.8 Å². The minimum absolute atomic E-state index is 0.215. The van der Waals surface area contributed by atoms with Gasteiger partial charge < -0.3 is 14.4 Å². The fourth-order valence-electron chi connectivity index (χ4n) is 3.35. The molecular weight excluding hydrogens is 366 g/mol. The Balaban J connectivity index is 1.38. The lowest BCUT2D eigenvalue weighted by molar-refractivity contribution is -0.126. The molecule has 146 valence electrons. The molecule has 0 bridgehead atoms. The van der Waals surface area contributed by atoms with Gasteiger partial charge in [0.15, 0.2) is 6.10 Å². The fourth-order valence-corrected chi connectivity index (χ4v) is 3.35. The van der Waals surface area contributed by atoms with E-state index in [0.717, 1.165) is 17.7 Å². The fraction of sp³-hybridized carbons (Fsp3) is 0.167. The van der Waals surface area contributed by atoms with Gasteiger partial charge in [-0.15, -0.1) is 0 Å². The number of fused-ring (bicyclic) bond motifs is 1. The van der Waals surface area contributed by atoms with Gasteiger partial charge in [-0.1, -0.05) is 36.4 Å². The molecule has 0 saturated carbocycles. The second-order valence-electron chi connectivity index (χ2n) is 6.86. The van der Waals surface area contributed by atoms with Gasteiger partial charge in [0.2, 0.25) is 0 Å². The molecule has 0 aromatic heterocycles. The number of esters is 1. The van der Waals surface area contributed by atoms with E-state index in [1.165, 1.54) is 0 Å². The van der Waals surface area contributed by atoms with Gasteiger partial charge in [0.1, 0.15) is 11.5 Å². The van der Waals surface area contributed by atoms with Crippen LogP contribution < -0.4 is 9.64 Å². The Labute approximate surface area is 169 Å². The minimum atomic E-state index is -0.867. The van der Waals surface area contributed by atoms with Gasteiger partial charge in [0.05, 0.1) is 5.56 Å². The standard InChI is InChI=1S/C24H21NO4/c1-17(23(26)25-16-15-18-7-5-6-10-22(18)25)28-24(27)19-11-13-21(14-12-19)29-20-8-3-2-4-9-20/h2-14,17H,15-16H2,1H3/t17-/m1/s1. The molecule has 1 aliphatic rings. The summed E-state index contributed by atoms with van der Waals surface area (Å²) in [6.45, 7) is 2.21. The Kier molecular flexibility index (Phi) is 5.29. The molecule has 3 aromatic rings. The van der Waals surface area contributed by atoms with Crippen LogP contribution in [0.5, 0.6) is 11.5 Å². The zero-order valence-electron chi connectivity index (χ0n) is 16.1. The number of anilines is 1. The number of carbonyl (C=O) groups excluding carboxylic acids is 2. The maximum atomic E-state index is 12.8. The Morgan fingerprint density at radius 1 is 0.862 bits per heavy atom. The summed E-state index contributed by atoms with van der Waals surface area (Å²) in [5.74, 6) is 0.579. The van der Waals surface area contributed by atoms with Crippen LogP contribution in [-0.2, 0) is 16.0 Å². The number of carbonyl (C=O) groups is 2. The number of ether oxygens (including phenoxy) is 2.